The van der Waals surface area contributed by atoms with Gasteiger partial charge < -0.3 is 5.32 Å². The van der Waals surface area contributed by atoms with Crippen molar-refractivity contribution in [3.05, 3.63) is 34.1 Å². The highest BCUT2D eigenvalue weighted by Gasteiger charge is 2.19. The molecule has 112 valence electrons. The van der Waals surface area contributed by atoms with E-state index in [4.69, 9.17) is 0 Å². The van der Waals surface area contributed by atoms with Gasteiger partial charge in [0.15, 0.2) is 0 Å². The van der Waals surface area contributed by atoms with Crippen LogP contribution in [0.4, 0.5) is 4.39 Å². The Morgan fingerprint density at radius 1 is 1.45 bits per heavy atom. The first kappa shape index (κ1) is 15.9. The summed E-state index contributed by atoms with van der Waals surface area (Å²) >= 11 is 3.47. The van der Waals surface area contributed by atoms with Crippen LogP contribution in [-0.2, 0) is 6.54 Å². The molecule has 0 bridgehead atoms. The normalized spacial score (nSPS) is 21.1. The first-order valence-corrected chi connectivity index (χ1v) is 8.23. The van der Waals surface area contributed by atoms with Crippen molar-refractivity contribution in [2.75, 3.05) is 19.6 Å². The zero-order valence-corrected chi connectivity index (χ0v) is 13.9. The number of benzene rings is 1. The van der Waals surface area contributed by atoms with E-state index in [0.717, 1.165) is 36.2 Å². The first-order chi connectivity index (χ1) is 9.54. The molecule has 0 saturated carbocycles. The lowest BCUT2D eigenvalue weighted by atomic mass is 10.0. The van der Waals surface area contributed by atoms with Crippen molar-refractivity contribution in [2.45, 2.75) is 39.3 Å². The van der Waals surface area contributed by atoms with Gasteiger partial charge in [-0.3, -0.25) is 4.90 Å². The lowest BCUT2D eigenvalue weighted by Crippen LogP contribution is -2.38. The van der Waals surface area contributed by atoms with E-state index in [1.165, 1.54) is 12.8 Å². The Kier molecular flexibility index (Phi) is 6.00. The van der Waals surface area contributed by atoms with E-state index in [0.29, 0.717) is 12.0 Å². The second-order valence-corrected chi connectivity index (χ2v) is 6.96. The Bertz CT molecular complexity index is 436. The van der Waals surface area contributed by atoms with Crippen molar-refractivity contribution in [3.63, 3.8) is 0 Å². The molecule has 1 heterocycles. The molecule has 0 amide bonds. The summed E-state index contributed by atoms with van der Waals surface area (Å²) in [4.78, 5) is 2.48. The van der Waals surface area contributed by atoms with Gasteiger partial charge in [0.05, 0.1) is 0 Å². The standard InChI is InChI=1S/C16H24BrFN2/c1-12(2)8-15-11-20(7-3-6-19-15)10-13-4-5-14(18)9-16(13)17/h4-5,9,12,15,19H,3,6-8,10-11H2,1-2H3. The number of rotatable bonds is 4. The SMILES string of the molecule is CC(C)CC1CN(Cc2ccc(F)cc2Br)CCCN1. The van der Waals surface area contributed by atoms with E-state index in [1.807, 2.05) is 6.07 Å². The lowest BCUT2D eigenvalue weighted by Gasteiger charge is -2.25. The Labute approximate surface area is 129 Å². The minimum atomic E-state index is -0.184. The van der Waals surface area contributed by atoms with Crippen molar-refractivity contribution in [2.24, 2.45) is 5.92 Å². The van der Waals surface area contributed by atoms with Gasteiger partial charge in [-0.05, 0) is 49.5 Å². The number of halogens is 2. The van der Waals surface area contributed by atoms with Gasteiger partial charge in [0.1, 0.15) is 5.82 Å². The maximum absolute atomic E-state index is 13.1. The summed E-state index contributed by atoms with van der Waals surface area (Å²) < 4.78 is 14.0. The van der Waals surface area contributed by atoms with Crippen LogP contribution in [0.25, 0.3) is 0 Å². The minimum absolute atomic E-state index is 0.184. The molecule has 20 heavy (non-hydrogen) atoms. The lowest BCUT2D eigenvalue weighted by molar-refractivity contribution is 0.247. The third-order valence-electron chi connectivity index (χ3n) is 3.73. The molecule has 1 aromatic carbocycles. The molecule has 1 fully saturated rings. The van der Waals surface area contributed by atoms with Crippen molar-refractivity contribution in [1.82, 2.24) is 10.2 Å². The molecule has 1 unspecified atom stereocenters. The molecular formula is C16H24BrFN2. The minimum Gasteiger partial charge on any atom is -0.313 e. The summed E-state index contributed by atoms with van der Waals surface area (Å²) in [6.07, 6.45) is 2.38. The Morgan fingerprint density at radius 2 is 2.25 bits per heavy atom. The van der Waals surface area contributed by atoms with Crippen molar-refractivity contribution >= 4 is 15.9 Å². The largest absolute Gasteiger partial charge is 0.313 e. The second-order valence-electron chi connectivity index (χ2n) is 6.10. The Morgan fingerprint density at radius 3 is 2.95 bits per heavy atom. The smallest absolute Gasteiger partial charge is 0.124 e. The summed E-state index contributed by atoms with van der Waals surface area (Å²) in [5.41, 5.74) is 1.16. The second kappa shape index (κ2) is 7.53. The average molecular weight is 343 g/mol. The Hall–Kier alpha value is -0.450. The fraction of sp³-hybridized carbons (Fsp3) is 0.625. The van der Waals surface area contributed by atoms with Gasteiger partial charge in [0, 0.05) is 23.6 Å². The van der Waals surface area contributed by atoms with E-state index in [1.54, 1.807) is 12.1 Å². The van der Waals surface area contributed by atoms with Gasteiger partial charge in [0.25, 0.3) is 0 Å². The summed E-state index contributed by atoms with van der Waals surface area (Å²) in [5, 5.41) is 3.64. The van der Waals surface area contributed by atoms with Gasteiger partial charge in [-0.1, -0.05) is 35.8 Å². The van der Waals surface area contributed by atoms with Crippen molar-refractivity contribution < 1.29 is 4.39 Å². The molecule has 1 N–H and O–H groups in total. The summed E-state index contributed by atoms with van der Waals surface area (Å²) in [7, 11) is 0. The van der Waals surface area contributed by atoms with Gasteiger partial charge in [0.2, 0.25) is 0 Å². The summed E-state index contributed by atoms with van der Waals surface area (Å²) in [6, 6.07) is 5.55. The highest BCUT2D eigenvalue weighted by molar-refractivity contribution is 9.10. The highest BCUT2D eigenvalue weighted by Crippen LogP contribution is 2.21. The molecule has 0 radical (unpaired) electrons. The van der Waals surface area contributed by atoms with Crippen LogP contribution in [0.1, 0.15) is 32.3 Å². The third-order valence-corrected chi connectivity index (χ3v) is 4.47. The molecule has 1 aromatic rings. The number of hydrogen-bond acceptors (Lipinski definition) is 2. The molecule has 0 aliphatic carbocycles. The molecular weight excluding hydrogens is 319 g/mol. The average Bonchev–Trinajstić information content (AvgIpc) is 2.57. The zero-order valence-electron chi connectivity index (χ0n) is 12.3. The molecule has 1 atom stereocenters. The van der Waals surface area contributed by atoms with Crippen LogP contribution >= 0.6 is 15.9 Å². The molecule has 1 aliphatic rings. The van der Waals surface area contributed by atoms with Crippen LogP contribution in [0.5, 0.6) is 0 Å². The van der Waals surface area contributed by atoms with E-state index in [-0.39, 0.29) is 5.82 Å². The van der Waals surface area contributed by atoms with E-state index in [9.17, 15) is 4.39 Å². The van der Waals surface area contributed by atoms with E-state index >= 15 is 0 Å². The Balaban J connectivity index is 1.99. The molecule has 4 heteroatoms. The maximum Gasteiger partial charge on any atom is 0.124 e. The quantitative estimate of drug-likeness (QED) is 0.895. The molecule has 0 spiro atoms. The van der Waals surface area contributed by atoms with Crippen LogP contribution < -0.4 is 5.32 Å². The van der Waals surface area contributed by atoms with Crippen LogP contribution in [0.2, 0.25) is 0 Å². The van der Waals surface area contributed by atoms with Crippen molar-refractivity contribution in [1.29, 1.82) is 0 Å². The summed E-state index contributed by atoms with van der Waals surface area (Å²) in [6.45, 7) is 8.70. The van der Waals surface area contributed by atoms with Crippen molar-refractivity contribution in [3.8, 4) is 0 Å². The maximum atomic E-state index is 13.1. The van der Waals surface area contributed by atoms with E-state index < -0.39 is 0 Å². The zero-order chi connectivity index (χ0) is 14.5. The molecule has 2 nitrogen and oxygen atoms in total. The number of nitrogens with zero attached hydrogens (tertiary/aromatic N) is 1. The highest BCUT2D eigenvalue weighted by atomic mass is 79.9. The fourth-order valence-corrected chi connectivity index (χ4v) is 3.31. The number of hydrogen-bond donors (Lipinski definition) is 1. The van der Waals surface area contributed by atoms with Crippen LogP contribution in [-0.4, -0.2) is 30.6 Å². The molecule has 0 aromatic heterocycles. The monoisotopic (exact) mass is 342 g/mol. The molecule has 1 aliphatic heterocycles. The van der Waals surface area contributed by atoms with Gasteiger partial charge >= 0.3 is 0 Å². The third kappa shape index (κ3) is 4.83. The predicted molar refractivity (Wildman–Crippen MR) is 85.2 cm³/mol. The fourth-order valence-electron chi connectivity index (χ4n) is 2.84. The van der Waals surface area contributed by atoms with Gasteiger partial charge in [-0.15, -0.1) is 0 Å². The predicted octanol–water partition coefficient (Wildman–Crippen LogP) is 3.80. The van der Waals surface area contributed by atoms with Crippen LogP contribution in [0.3, 0.4) is 0 Å². The topological polar surface area (TPSA) is 15.3 Å². The van der Waals surface area contributed by atoms with E-state index in [2.05, 4.69) is 40.0 Å². The number of nitrogens with one attached hydrogen (secondary N) is 1. The van der Waals surface area contributed by atoms with Gasteiger partial charge in [-0.25, -0.2) is 4.39 Å². The first-order valence-electron chi connectivity index (χ1n) is 7.44. The summed E-state index contributed by atoms with van der Waals surface area (Å²) in [5.74, 6) is 0.529. The van der Waals surface area contributed by atoms with Crippen LogP contribution in [0, 0.1) is 11.7 Å². The van der Waals surface area contributed by atoms with Gasteiger partial charge in [-0.2, -0.15) is 0 Å². The molecule has 1 saturated heterocycles. The molecule has 2 rings (SSSR count). The van der Waals surface area contributed by atoms with Crippen LogP contribution in [0.15, 0.2) is 22.7 Å².